The van der Waals surface area contributed by atoms with Gasteiger partial charge in [0.05, 0.1) is 20.3 Å². The van der Waals surface area contributed by atoms with Crippen LogP contribution in [0.1, 0.15) is 194 Å². The van der Waals surface area contributed by atoms with Gasteiger partial charge in [-0.15, -0.1) is 0 Å². The minimum Gasteiger partial charge on any atom is -0.494 e. The van der Waals surface area contributed by atoms with Crippen LogP contribution < -0.4 is 14.2 Å². The normalized spacial score (nSPS) is 11.2. The Bertz CT molecular complexity index is 1280. The molecule has 3 nitrogen and oxygen atoms in total. The van der Waals surface area contributed by atoms with E-state index in [1.807, 2.05) is 0 Å². The van der Waals surface area contributed by atoms with E-state index < -0.39 is 0 Å². The molecule has 0 saturated heterocycles. The number of hydrogen-bond acceptors (Lipinski definition) is 3. The fraction of sp³-hybridized carbons (Fsp3) is 0.647. The van der Waals surface area contributed by atoms with Gasteiger partial charge in [-0.1, -0.05) is 223 Å². The smallest absolute Gasteiger partial charge is 0.161 e. The fourth-order valence-corrected chi connectivity index (χ4v) is 7.53. The number of benzene rings is 3. The Morgan fingerprint density at radius 2 is 0.630 bits per heavy atom. The van der Waals surface area contributed by atoms with Gasteiger partial charge in [-0.25, -0.2) is 0 Å². The van der Waals surface area contributed by atoms with Crippen LogP contribution in [0.2, 0.25) is 0 Å². The van der Waals surface area contributed by atoms with Crippen LogP contribution in [0, 0.1) is 0 Å². The summed E-state index contributed by atoms with van der Waals surface area (Å²) in [5.41, 5.74) is 4.71. The third-order valence-corrected chi connectivity index (χ3v) is 11.1. The van der Waals surface area contributed by atoms with Gasteiger partial charge in [0.15, 0.2) is 11.5 Å². The van der Waals surface area contributed by atoms with E-state index >= 15 is 0 Å². The predicted molar refractivity (Wildman–Crippen MR) is 235 cm³/mol. The summed E-state index contributed by atoms with van der Waals surface area (Å²) < 4.78 is 17.9. The summed E-state index contributed by atoms with van der Waals surface area (Å²) >= 11 is 0. The highest BCUT2D eigenvalue weighted by molar-refractivity contribution is 5.72. The lowest BCUT2D eigenvalue weighted by Gasteiger charge is -2.13. The van der Waals surface area contributed by atoms with Crippen molar-refractivity contribution in [2.75, 3.05) is 20.3 Å². The molecular weight excluding hydrogens is 661 g/mol. The largest absolute Gasteiger partial charge is 0.494 e. The molecule has 0 atom stereocenters. The zero-order chi connectivity index (χ0) is 38.2. The molecule has 0 unspecified atom stereocenters. The monoisotopic (exact) mass is 741 g/mol. The van der Waals surface area contributed by atoms with Gasteiger partial charge in [0.25, 0.3) is 0 Å². The van der Waals surface area contributed by atoms with Crippen molar-refractivity contribution in [3.8, 4) is 39.5 Å². The van der Waals surface area contributed by atoms with Crippen LogP contribution in [0.4, 0.5) is 0 Å². The standard InChI is InChI=1S/C51H80O3/c1-4-6-8-10-12-14-16-18-20-22-24-26-28-30-42-53-49-39-36-46(37-40-49)45-32-34-47(35-33-45)48-38-41-50(51(44-48)52-3)54-43-31-29-27-25-23-21-19-17-15-13-11-9-7-5-2/h32-41,44H,4-31,42-43H2,1-3H3. The molecule has 3 rings (SSSR count). The molecule has 0 radical (unpaired) electrons. The number of unbranched alkanes of at least 4 members (excludes halogenated alkanes) is 26. The van der Waals surface area contributed by atoms with Crippen LogP contribution in [0.15, 0.2) is 66.7 Å². The summed E-state index contributed by atoms with van der Waals surface area (Å²) in [4.78, 5) is 0. The molecule has 0 N–H and O–H groups in total. The minimum atomic E-state index is 0.742. The van der Waals surface area contributed by atoms with Gasteiger partial charge >= 0.3 is 0 Å². The fourth-order valence-electron chi connectivity index (χ4n) is 7.53. The van der Waals surface area contributed by atoms with Crippen molar-refractivity contribution in [2.45, 2.75) is 194 Å². The van der Waals surface area contributed by atoms with Crippen LogP contribution in [-0.4, -0.2) is 20.3 Å². The zero-order valence-corrected chi connectivity index (χ0v) is 35.3. The van der Waals surface area contributed by atoms with E-state index in [2.05, 4.69) is 80.6 Å². The molecular formula is C51H80O3. The third kappa shape index (κ3) is 20.7. The van der Waals surface area contributed by atoms with Gasteiger partial charge in [-0.2, -0.15) is 0 Å². The van der Waals surface area contributed by atoms with Gasteiger partial charge in [-0.3, -0.25) is 0 Å². The first-order chi connectivity index (χ1) is 26.7. The summed E-state index contributed by atoms with van der Waals surface area (Å²) in [5, 5.41) is 0. The Balaban J connectivity index is 1.24. The first kappa shape index (κ1) is 45.4. The first-order valence-corrected chi connectivity index (χ1v) is 22.9. The van der Waals surface area contributed by atoms with E-state index in [1.165, 1.54) is 184 Å². The van der Waals surface area contributed by atoms with Gasteiger partial charge in [0.2, 0.25) is 0 Å². The summed E-state index contributed by atoms with van der Waals surface area (Å²) in [7, 11) is 1.73. The van der Waals surface area contributed by atoms with Gasteiger partial charge < -0.3 is 14.2 Å². The Morgan fingerprint density at radius 1 is 0.315 bits per heavy atom. The topological polar surface area (TPSA) is 27.7 Å². The van der Waals surface area contributed by atoms with Gasteiger partial charge in [0, 0.05) is 0 Å². The second-order valence-corrected chi connectivity index (χ2v) is 15.9. The van der Waals surface area contributed by atoms with Crippen LogP contribution >= 0.6 is 0 Å². The molecule has 0 heterocycles. The molecule has 3 aromatic carbocycles. The molecule has 54 heavy (non-hydrogen) atoms. The number of methoxy groups -OCH3 is 1. The predicted octanol–water partition coefficient (Wildman–Crippen LogP) is 16.7. The summed E-state index contributed by atoms with van der Waals surface area (Å²) in [6, 6.07) is 23.6. The van der Waals surface area contributed by atoms with Crippen LogP contribution in [0.25, 0.3) is 22.3 Å². The van der Waals surface area contributed by atoms with E-state index in [-0.39, 0.29) is 0 Å². The average Bonchev–Trinajstić information content (AvgIpc) is 3.21. The van der Waals surface area contributed by atoms with Crippen molar-refractivity contribution in [3.63, 3.8) is 0 Å². The molecule has 0 fully saturated rings. The molecule has 3 aromatic rings. The quantitative estimate of drug-likeness (QED) is 0.0562. The SMILES string of the molecule is CCCCCCCCCCCCCCCCOc1ccc(-c2ccc(-c3ccc(OCCCCCCCCCCCCCCCC)c(OC)c3)cc2)cc1. The molecule has 3 heteroatoms. The van der Waals surface area contributed by atoms with Gasteiger partial charge in [0.1, 0.15) is 5.75 Å². The van der Waals surface area contributed by atoms with Crippen LogP contribution in [0.5, 0.6) is 17.2 Å². The maximum absolute atomic E-state index is 6.15. The molecule has 302 valence electrons. The van der Waals surface area contributed by atoms with Gasteiger partial charge in [-0.05, 0) is 59.4 Å². The van der Waals surface area contributed by atoms with Crippen molar-refractivity contribution in [3.05, 3.63) is 66.7 Å². The summed E-state index contributed by atoms with van der Waals surface area (Å²) in [6.07, 6.45) is 38.4. The molecule has 0 spiro atoms. The van der Waals surface area contributed by atoms with Crippen molar-refractivity contribution in [1.29, 1.82) is 0 Å². The number of rotatable bonds is 35. The third-order valence-electron chi connectivity index (χ3n) is 11.1. The van der Waals surface area contributed by atoms with E-state index in [0.29, 0.717) is 0 Å². The van der Waals surface area contributed by atoms with E-state index in [1.54, 1.807) is 7.11 Å². The van der Waals surface area contributed by atoms with Crippen molar-refractivity contribution < 1.29 is 14.2 Å². The molecule has 0 amide bonds. The number of ether oxygens (including phenoxy) is 3. The molecule has 0 aliphatic carbocycles. The van der Waals surface area contributed by atoms with Crippen LogP contribution in [-0.2, 0) is 0 Å². The lowest BCUT2D eigenvalue weighted by Crippen LogP contribution is -1.99. The number of hydrogen-bond donors (Lipinski definition) is 0. The average molecular weight is 741 g/mol. The summed E-state index contributed by atoms with van der Waals surface area (Å²) in [5.74, 6) is 2.59. The summed E-state index contributed by atoms with van der Waals surface area (Å²) in [6.45, 7) is 6.13. The highest BCUT2D eigenvalue weighted by Gasteiger charge is 2.09. The maximum Gasteiger partial charge on any atom is 0.161 e. The molecule has 0 bridgehead atoms. The Morgan fingerprint density at radius 3 is 1.02 bits per heavy atom. The second kappa shape index (κ2) is 31.3. The Hall–Kier alpha value is -2.94. The molecule has 0 aliphatic rings. The van der Waals surface area contributed by atoms with E-state index in [9.17, 15) is 0 Å². The van der Waals surface area contributed by atoms with Crippen LogP contribution in [0.3, 0.4) is 0 Å². The Labute approximate surface area is 333 Å². The second-order valence-electron chi connectivity index (χ2n) is 15.9. The minimum absolute atomic E-state index is 0.742. The zero-order valence-electron chi connectivity index (χ0n) is 35.3. The lowest BCUT2D eigenvalue weighted by atomic mass is 10.00. The van der Waals surface area contributed by atoms with E-state index in [0.717, 1.165) is 48.9 Å². The molecule has 0 aromatic heterocycles. The first-order valence-electron chi connectivity index (χ1n) is 22.9. The lowest BCUT2D eigenvalue weighted by molar-refractivity contribution is 0.284. The Kier molecular flexibility index (Phi) is 26.3. The highest BCUT2D eigenvalue weighted by atomic mass is 16.5. The molecule has 0 saturated carbocycles. The molecule has 0 aliphatic heterocycles. The maximum atomic E-state index is 6.15. The highest BCUT2D eigenvalue weighted by Crippen LogP contribution is 2.34. The van der Waals surface area contributed by atoms with E-state index in [4.69, 9.17) is 14.2 Å². The van der Waals surface area contributed by atoms with Crippen molar-refractivity contribution >= 4 is 0 Å². The van der Waals surface area contributed by atoms with Crippen molar-refractivity contribution in [2.24, 2.45) is 0 Å². The van der Waals surface area contributed by atoms with Crippen molar-refractivity contribution in [1.82, 2.24) is 0 Å².